The zero-order chi connectivity index (χ0) is 17.7. The van der Waals surface area contributed by atoms with Gasteiger partial charge in [0.15, 0.2) is 0 Å². The molecule has 2 aromatic carbocycles. The molecule has 0 radical (unpaired) electrons. The van der Waals surface area contributed by atoms with Crippen LogP contribution in [0.25, 0.3) is 0 Å². The van der Waals surface area contributed by atoms with E-state index in [-0.39, 0.29) is 11.4 Å². The van der Waals surface area contributed by atoms with Crippen LogP contribution in [-0.4, -0.2) is 33.5 Å². The van der Waals surface area contributed by atoms with E-state index in [1.807, 2.05) is 38.1 Å². The summed E-state index contributed by atoms with van der Waals surface area (Å²) in [4.78, 5) is 0.247. The van der Waals surface area contributed by atoms with Crippen LogP contribution >= 0.6 is 0 Å². The molecule has 0 aliphatic rings. The van der Waals surface area contributed by atoms with Crippen LogP contribution in [0.5, 0.6) is 11.5 Å². The monoisotopic (exact) mass is 349 g/mol. The molecular weight excluding hydrogens is 326 g/mol. The van der Waals surface area contributed by atoms with Gasteiger partial charge in [-0.05, 0) is 43.7 Å². The summed E-state index contributed by atoms with van der Waals surface area (Å²) in [7, 11) is -0.464. The van der Waals surface area contributed by atoms with Gasteiger partial charge in [0.2, 0.25) is 10.0 Å². The zero-order valence-corrected chi connectivity index (χ0v) is 15.3. The largest absolute Gasteiger partial charge is 0.496 e. The van der Waals surface area contributed by atoms with E-state index >= 15 is 0 Å². The van der Waals surface area contributed by atoms with Crippen molar-refractivity contribution < 1.29 is 17.9 Å². The van der Waals surface area contributed by atoms with Crippen molar-refractivity contribution >= 4 is 10.0 Å². The number of hydrogen-bond acceptors (Lipinski definition) is 4. The number of nitrogens with zero attached hydrogens (tertiary/aromatic N) is 1. The predicted octanol–water partition coefficient (Wildman–Crippen LogP) is 3.22. The molecule has 2 rings (SSSR count). The van der Waals surface area contributed by atoms with Gasteiger partial charge in [-0.3, -0.25) is 0 Å². The minimum absolute atomic E-state index is 0.240. The summed E-state index contributed by atoms with van der Waals surface area (Å²) in [6.07, 6.45) is 0. The Kier molecular flexibility index (Phi) is 5.85. The molecule has 6 heteroatoms. The third kappa shape index (κ3) is 3.88. The second-order valence-electron chi connectivity index (χ2n) is 5.43. The SMILES string of the molecule is CCOc1ccccc1CN(C)S(=O)(=O)c1ccc(OC)c(C)c1. The highest BCUT2D eigenvalue weighted by Gasteiger charge is 2.22. The highest BCUT2D eigenvalue weighted by Crippen LogP contribution is 2.26. The first-order valence-electron chi connectivity index (χ1n) is 7.71. The quantitative estimate of drug-likeness (QED) is 0.770. The molecular formula is C18H23NO4S. The van der Waals surface area contributed by atoms with E-state index in [2.05, 4.69) is 0 Å². The van der Waals surface area contributed by atoms with Crippen molar-refractivity contribution in [1.29, 1.82) is 0 Å². The topological polar surface area (TPSA) is 55.8 Å². The van der Waals surface area contributed by atoms with Crippen LogP contribution in [-0.2, 0) is 16.6 Å². The number of aryl methyl sites for hydroxylation is 1. The van der Waals surface area contributed by atoms with Crippen LogP contribution in [0.2, 0.25) is 0 Å². The van der Waals surface area contributed by atoms with Gasteiger partial charge < -0.3 is 9.47 Å². The maximum absolute atomic E-state index is 12.8. The molecule has 0 saturated heterocycles. The molecule has 0 aliphatic heterocycles. The highest BCUT2D eigenvalue weighted by molar-refractivity contribution is 7.89. The fraction of sp³-hybridized carbons (Fsp3) is 0.333. The van der Waals surface area contributed by atoms with Gasteiger partial charge in [-0.25, -0.2) is 8.42 Å². The fourth-order valence-corrected chi connectivity index (χ4v) is 3.68. The first-order valence-corrected chi connectivity index (χ1v) is 9.15. The molecule has 24 heavy (non-hydrogen) atoms. The summed E-state index contributed by atoms with van der Waals surface area (Å²) in [5.74, 6) is 1.37. The molecule has 0 spiro atoms. The maximum atomic E-state index is 12.8. The third-order valence-electron chi connectivity index (χ3n) is 3.74. The van der Waals surface area contributed by atoms with E-state index in [1.165, 1.54) is 4.31 Å². The summed E-state index contributed by atoms with van der Waals surface area (Å²) in [5.41, 5.74) is 1.61. The molecule has 0 bridgehead atoms. The average molecular weight is 349 g/mol. The van der Waals surface area contributed by atoms with E-state index in [4.69, 9.17) is 9.47 Å². The number of ether oxygens (including phenoxy) is 2. The molecule has 5 nitrogen and oxygen atoms in total. The van der Waals surface area contributed by atoms with Crippen molar-refractivity contribution in [3.8, 4) is 11.5 Å². The molecule has 0 aromatic heterocycles. The van der Waals surface area contributed by atoms with Crippen molar-refractivity contribution in [3.63, 3.8) is 0 Å². The van der Waals surface area contributed by atoms with Crippen LogP contribution in [0.3, 0.4) is 0 Å². The van der Waals surface area contributed by atoms with E-state index in [0.29, 0.717) is 18.1 Å². The van der Waals surface area contributed by atoms with Crippen LogP contribution in [0.4, 0.5) is 0 Å². The summed E-state index contributed by atoms with van der Waals surface area (Å²) >= 11 is 0. The number of methoxy groups -OCH3 is 1. The first kappa shape index (κ1) is 18.3. The van der Waals surface area contributed by atoms with Gasteiger partial charge in [0, 0.05) is 19.2 Å². The molecule has 0 N–H and O–H groups in total. The molecule has 0 amide bonds. The Balaban J connectivity index is 2.28. The Hall–Kier alpha value is -2.05. The van der Waals surface area contributed by atoms with E-state index < -0.39 is 10.0 Å². The fourth-order valence-electron chi connectivity index (χ4n) is 2.45. The van der Waals surface area contributed by atoms with Gasteiger partial charge in [0.25, 0.3) is 0 Å². The van der Waals surface area contributed by atoms with E-state index in [0.717, 1.165) is 11.1 Å². The van der Waals surface area contributed by atoms with Crippen molar-refractivity contribution in [3.05, 3.63) is 53.6 Å². The maximum Gasteiger partial charge on any atom is 0.243 e. The summed E-state index contributed by atoms with van der Waals surface area (Å²) in [6.45, 7) is 4.49. The summed E-state index contributed by atoms with van der Waals surface area (Å²) in [6, 6.07) is 12.3. The van der Waals surface area contributed by atoms with Crippen LogP contribution in [0.15, 0.2) is 47.4 Å². The summed E-state index contributed by atoms with van der Waals surface area (Å²) < 4.78 is 37.7. The van der Waals surface area contributed by atoms with Crippen LogP contribution in [0.1, 0.15) is 18.1 Å². The third-order valence-corrected chi connectivity index (χ3v) is 5.54. The van der Waals surface area contributed by atoms with Crippen molar-refractivity contribution in [1.82, 2.24) is 4.31 Å². The first-order chi connectivity index (χ1) is 11.4. The minimum Gasteiger partial charge on any atom is -0.496 e. The van der Waals surface area contributed by atoms with Crippen LogP contribution in [0, 0.1) is 6.92 Å². The van der Waals surface area contributed by atoms with Gasteiger partial charge in [-0.15, -0.1) is 0 Å². The lowest BCUT2D eigenvalue weighted by Gasteiger charge is -2.19. The number of sulfonamides is 1. The van der Waals surface area contributed by atoms with Gasteiger partial charge in [0.1, 0.15) is 11.5 Å². The second kappa shape index (κ2) is 7.68. The molecule has 0 heterocycles. The van der Waals surface area contributed by atoms with Gasteiger partial charge >= 0.3 is 0 Å². The summed E-state index contributed by atoms with van der Waals surface area (Å²) in [5, 5.41) is 0. The molecule has 0 saturated carbocycles. The molecule has 130 valence electrons. The van der Waals surface area contributed by atoms with Crippen molar-refractivity contribution in [2.24, 2.45) is 0 Å². The molecule has 2 aromatic rings. The molecule has 0 fully saturated rings. The lowest BCUT2D eigenvalue weighted by molar-refractivity contribution is 0.332. The Morgan fingerprint density at radius 1 is 1.08 bits per heavy atom. The highest BCUT2D eigenvalue weighted by atomic mass is 32.2. The number of hydrogen-bond donors (Lipinski definition) is 0. The Labute approximate surface area is 143 Å². The van der Waals surface area contributed by atoms with Crippen molar-refractivity contribution in [2.45, 2.75) is 25.3 Å². The normalized spacial score (nSPS) is 11.5. The van der Waals surface area contributed by atoms with Crippen molar-refractivity contribution in [2.75, 3.05) is 20.8 Å². The molecule has 0 atom stereocenters. The van der Waals surface area contributed by atoms with Gasteiger partial charge in [-0.2, -0.15) is 4.31 Å². The van der Waals surface area contributed by atoms with E-state index in [1.54, 1.807) is 32.4 Å². The van der Waals surface area contributed by atoms with E-state index in [9.17, 15) is 8.42 Å². The number of benzene rings is 2. The number of para-hydroxylation sites is 1. The molecule has 0 unspecified atom stereocenters. The van der Waals surface area contributed by atoms with Crippen LogP contribution < -0.4 is 9.47 Å². The smallest absolute Gasteiger partial charge is 0.243 e. The lowest BCUT2D eigenvalue weighted by Crippen LogP contribution is -2.26. The Morgan fingerprint density at radius 3 is 2.42 bits per heavy atom. The average Bonchev–Trinajstić information content (AvgIpc) is 2.56. The predicted molar refractivity (Wildman–Crippen MR) is 94.0 cm³/mol. The number of rotatable bonds is 7. The van der Waals surface area contributed by atoms with Gasteiger partial charge in [0.05, 0.1) is 18.6 Å². The zero-order valence-electron chi connectivity index (χ0n) is 14.4. The Bertz CT molecular complexity index is 802. The lowest BCUT2D eigenvalue weighted by atomic mass is 10.2. The second-order valence-corrected chi connectivity index (χ2v) is 7.48. The minimum atomic E-state index is -3.59. The molecule has 0 aliphatic carbocycles. The van der Waals surface area contributed by atoms with Gasteiger partial charge in [-0.1, -0.05) is 18.2 Å². The Morgan fingerprint density at radius 2 is 1.79 bits per heavy atom. The standard InChI is InChI=1S/C18H23NO4S/c1-5-23-18-9-7-6-8-15(18)13-19(3)24(20,21)16-10-11-17(22-4)14(2)12-16/h6-12H,5,13H2,1-4H3.